The summed E-state index contributed by atoms with van der Waals surface area (Å²) in [5.74, 6) is 1.17. The minimum Gasteiger partial charge on any atom is -0.469 e. The van der Waals surface area contributed by atoms with Crippen LogP contribution in [0.4, 0.5) is 0 Å². The first-order chi connectivity index (χ1) is 12.1. The molecule has 0 bridgehead atoms. The van der Waals surface area contributed by atoms with E-state index in [1.165, 1.54) is 7.11 Å². The fourth-order valence-corrected chi connectivity index (χ4v) is 3.09. The van der Waals surface area contributed by atoms with Crippen LogP contribution >= 0.6 is 11.3 Å². The van der Waals surface area contributed by atoms with Crippen molar-refractivity contribution < 1.29 is 9.53 Å². The van der Waals surface area contributed by atoms with Gasteiger partial charge in [0.1, 0.15) is 5.01 Å². The average Bonchev–Trinajstić information content (AvgIpc) is 3.07. The molecule has 1 rings (SSSR count). The maximum absolute atomic E-state index is 11.0. The van der Waals surface area contributed by atoms with E-state index in [0.717, 1.165) is 55.4 Å². The number of carbonyl (C=O) groups is 1. The van der Waals surface area contributed by atoms with Crippen LogP contribution in [0.2, 0.25) is 0 Å². The highest BCUT2D eigenvalue weighted by atomic mass is 32.1. The van der Waals surface area contributed by atoms with E-state index in [2.05, 4.69) is 51.5 Å². The first-order valence-electron chi connectivity index (χ1n) is 9.10. The van der Waals surface area contributed by atoms with Crippen molar-refractivity contribution in [1.82, 2.24) is 15.6 Å². The lowest BCUT2D eigenvalue weighted by Gasteiger charge is -2.10. The second-order valence-corrected chi connectivity index (χ2v) is 7.13. The molecule has 0 amide bonds. The van der Waals surface area contributed by atoms with E-state index >= 15 is 0 Å². The third-order valence-electron chi connectivity index (χ3n) is 3.71. The quantitative estimate of drug-likeness (QED) is 0.271. The number of nitrogens with zero attached hydrogens (tertiary/aromatic N) is 2. The number of methoxy groups -OCH3 is 1. The molecule has 0 radical (unpaired) electrons. The van der Waals surface area contributed by atoms with Gasteiger partial charge in [-0.3, -0.25) is 4.79 Å². The smallest absolute Gasteiger partial charge is 0.305 e. The monoisotopic (exact) mass is 368 g/mol. The lowest BCUT2D eigenvalue weighted by atomic mass is 10.1. The molecule has 0 saturated carbocycles. The Kier molecular flexibility index (Phi) is 10.9. The van der Waals surface area contributed by atoms with E-state index in [0.29, 0.717) is 18.9 Å². The second kappa shape index (κ2) is 12.7. The van der Waals surface area contributed by atoms with E-state index < -0.39 is 0 Å². The third kappa shape index (κ3) is 9.43. The van der Waals surface area contributed by atoms with Crippen LogP contribution in [0.3, 0.4) is 0 Å². The SMILES string of the molecule is CCNC(=NCc1nc(C(C)C)cs1)NCCCCCCC(=O)OC. The van der Waals surface area contributed by atoms with Crippen molar-refractivity contribution in [3.05, 3.63) is 16.1 Å². The van der Waals surface area contributed by atoms with E-state index in [4.69, 9.17) is 0 Å². The van der Waals surface area contributed by atoms with Gasteiger partial charge in [0.15, 0.2) is 5.96 Å². The molecule has 0 saturated heterocycles. The van der Waals surface area contributed by atoms with Crippen LogP contribution in [-0.4, -0.2) is 37.1 Å². The van der Waals surface area contributed by atoms with Crippen LogP contribution in [0.15, 0.2) is 10.4 Å². The summed E-state index contributed by atoms with van der Waals surface area (Å²) in [7, 11) is 1.43. The summed E-state index contributed by atoms with van der Waals surface area (Å²) in [6, 6.07) is 0. The molecule has 25 heavy (non-hydrogen) atoms. The number of hydrogen-bond donors (Lipinski definition) is 2. The lowest BCUT2D eigenvalue weighted by Crippen LogP contribution is -2.37. The summed E-state index contributed by atoms with van der Waals surface area (Å²) in [6.07, 6.45) is 4.60. The Morgan fingerprint density at radius 3 is 2.68 bits per heavy atom. The van der Waals surface area contributed by atoms with E-state index in [1.807, 2.05) is 0 Å². The van der Waals surface area contributed by atoms with Crippen molar-refractivity contribution in [2.24, 2.45) is 4.99 Å². The van der Waals surface area contributed by atoms with E-state index in [-0.39, 0.29) is 5.97 Å². The summed E-state index contributed by atoms with van der Waals surface area (Å²) in [4.78, 5) is 20.2. The number of unbranched alkanes of at least 4 members (excludes halogenated alkanes) is 3. The summed E-state index contributed by atoms with van der Waals surface area (Å²) in [6.45, 7) is 8.67. The Balaban J connectivity index is 2.27. The molecule has 0 fully saturated rings. The van der Waals surface area contributed by atoms with E-state index in [9.17, 15) is 4.79 Å². The molecule has 0 aromatic carbocycles. The summed E-state index contributed by atoms with van der Waals surface area (Å²) < 4.78 is 4.63. The van der Waals surface area contributed by atoms with Gasteiger partial charge in [-0.05, 0) is 25.7 Å². The molecule has 7 heteroatoms. The maximum Gasteiger partial charge on any atom is 0.305 e. The maximum atomic E-state index is 11.0. The normalized spacial score (nSPS) is 11.6. The molecule has 0 aliphatic heterocycles. The van der Waals surface area contributed by atoms with Crippen LogP contribution < -0.4 is 10.6 Å². The van der Waals surface area contributed by atoms with Gasteiger partial charge >= 0.3 is 5.97 Å². The summed E-state index contributed by atoms with van der Waals surface area (Å²) in [5, 5.41) is 9.78. The highest BCUT2D eigenvalue weighted by molar-refractivity contribution is 7.09. The largest absolute Gasteiger partial charge is 0.469 e. The Morgan fingerprint density at radius 2 is 2.04 bits per heavy atom. The van der Waals surface area contributed by atoms with Gasteiger partial charge in [-0.2, -0.15) is 0 Å². The predicted molar refractivity (Wildman–Crippen MR) is 104 cm³/mol. The molecular weight excluding hydrogens is 336 g/mol. The van der Waals surface area contributed by atoms with Gasteiger partial charge in [-0.1, -0.05) is 26.7 Å². The van der Waals surface area contributed by atoms with Gasteiger partial charge < -0.3 is 15.4 Å². The summed E-state index contributed by atoms with van der Waals surface area (Å²) >= 11 is 1.67. The van der Waals surface area contributed by atoms with Crippen LogP contribution in [0.25, 0.3) is 0 Å². The number of aromatic nitrogens is 1. The van der Waals surface area contributed by atoms with Crippen molar-refractivity contribution in [3.8, 4) is 0 Å². The topological polar surface area (TPSA) is 75.6 Å². The zero-order valence-corrected chi connectivity index (χ0v) is 16.7. The number of carbonyl (C=O) groups excluding carboxylic acids is 1. The van der Waals surface area contributed by atoms with Gasteiger partial charge in [-0.15, -0.1) is 11.3 Å². The van der Waals surface area contributed by atoms with Crippen LogP contribution in [0.5, 0.6) is 0 Å². The van der Waals surface area contributed by atoms with E-state index in [1.54, 1.807) is 11.3 Å². The second-order valence-electron chi connectivity index (χ2n) is 6.18. The van der Waals surface area contributed by atoms with Crippen molar-refractivity contribution >= 4 is 23.3 Å². The Labute approximate surface area is 155 Å². The van der Waals surface area contributed by atoms with Crippen molar-refractivity contribution in [3.63, 3.8) is 0 Å². The number of nitrogens with one attached hydrogen (secondary N) is 2. The van der Waals surface area contributed by atoms with Crippen LogP contribution in [0, 0.1) is 0 Å². The summed E-state index contributed by atoms with van der Waals surface area (Å²) in [5.41, 5.74) is 1.14. The molecule has 0 spiro atoms. The fraction of sp³-hybridized carbons (Fsp3) is 0.722. The number of ether oxygens (including phenoxy) is 1. The molecule has 0 atom stereocenters. The van der Waals surface area contributed by atoms with Gasteiger partial charge in [-0.25, -0.2) is 9.98 Å². The van der Waals surface area contributed by atoms with Gasteiger partial charge in [0.05, 0.1) is 19.3 Å². The van der Waals surface area contributed by atoms with Gasteiger partial charge in [0.2, 0.25) is 0 Å². The number of aliphatic imine (C=N–C) groups is 1. The number of thiazole rings is 1. The zero-order valence-electron chi connectivity index (χ0n) is 15.9. The average molecular weight is 369 g/mol. The van der Waals surface area contributed by atoms with Gasteiger partial charge in [0, 0.05) is 24.9 Å². The minimum atomic E-state index is -0.123. The standard InChI is InChI=1S/C18H32N4O2S/c1-5-19-18(20-11-9-7-6-8-10-17(23)24-4)21-12-16-22-15(13-25-16)14(2)3/h13-14H,5-12H2,1-4H3,(H2,19,20,21). The number of rotatable bonds is 11. The molecule has 0 unspecified atom stereocenters. The Bertz CT molecular complexity index is 529. The van der Waals surface area contributed by atoms with Crippen LogP contribution in [-0.2, 0) is 16.1 Å². The fourth-order valence-electron chi connectivity index (χ4n) is 2.21. The molecule has 6 nitrogen and oxygen atoms in total. The molecule has 0 aliphatic carbocycles. The predicted octanol–water partition coefficient (Wildman–Crippen LogP) is 3.45. The number of esters is 1. The molecule has 2 N–H and O–H groups in total. The first kappa shape index (κ1) is 21.4. The number of guanidine groups is 1. The molecule has 142 valence electrons. The Morgan fingerprint density at radius 1 is 1.28 bits per heavy atom. The van der Waals surface area contributed by atoms with Crippen molar-refractivity contribution in [1.29, 1.82) is 0 Å². The van der Waals surface area contributed by atoms with Gasteiger partial charge in [0.25, 0.3) is 0 Å². The molecule has 1 aromatic heterocycles. The third-order valence-corrected chi connectivity index (χ3v) is 4.56. The zero-order chi connectivity index (χ0) is 18.5. The number of hydrogen-bond acceptors (Lipinski definition) is 5. The molecule has 0 aliphatic rings. The van der Waals surface area contributed by atoms with Crippen molar-refractivity contribution in [2.75, 3.05) is 20.2 Å². The molecule has 1 heterocycles. The highest BCUT2D eigenvalue weighted by Crippen LogP contribution is 2.18. The Hall–Kier alpha value is -1.63. The lowest BCUT2D eigenvalue weighted by molar-refractivity contribution is -0.140. The van der Waals surface area contributed by atoms with Crippen molar-refractivity contribution in [2.45, 2.75) is 65.3 Å². The molecular formula is C18H32N4O2S. The first-order valence-corrected chi connectivity index (χ1v) is 9.98. The molecule has 1 aromatic rings. The highest BCUT2D eigenvalue weighted by Gasteiger charge is 2.05. The minimum absolute atomic E-state index is 0.123. The van der Waals surface area contributed by atoms with Crippen LogP contribution in [0.1, 0.15) is 69.5 Å².